The highest BCUT2D eigenvalue weighted by Crippen LogP contribution is 2.29. The molecule has 0 saturated heterocycles. The van der Waals surface area contributed by atoms with E-state index in [0.29, 0.717) is 5.75 Å². The van der Waals surface area contributed by atoms with Crippen LogP contribution in [-0.2, 0) is 19.6 Å². The van der Waals surface area contributed by atoms with E-state index < -0.39 is 0 Å². The maximum absolute atomic E-state index is 10.7. The van der Waals surface area contributed by atoms with Gasteiger partial charge in [0.1, 0.15) is 25.4 Å². The molecule has 0 heterocycles. The maximum Gasteiger partial charge on any atom is 0.133 e. The van der Waals surface area contributed by atoms with Crippen molar-refractivity contribution in [2.24, 2.45) is 0 Å². The Bertz CT molecular complexity index is 480. The first-order chi connectivity index (χ1) is 9.66. The summed E-state index contributed by atoms with van der Waals surface area (Å²) in [7, 11) is 19.5. The van der Waals surface area contributed by atoms with Gasteiger partial charge in [0.05, 0.1) is 63.4 Å². The summed E-state index contributed by atoms with van der Waals surface area (Å²) in [6, 6.07) is 4.36. The number of phenolic OH excluding ortho intramolecular Hbond substituents is 1. The second kappa shape index (κ2) is 6.19. The lowest BCUT2D eigenvalue weighted by atomic mass is 10.0. The minimum atomic E-state index is 0.478. The van der Waals surface area contributed by atoms with Gasteiger partial charge >= 0.3 is 0 Å². The van der Waals surface area contributed by atoms with E-state index in [9.17, 15) is 5.11 Å². The summed E-state index contributed by atoms with van der Waals surface area (Å²) in [5.41, 5.74) is 3.42. The summed E-state index contributed by atoms with van der Waals surface area (Å²) in [4.78, 5) is 0. The summed E-state index contributed by atoms with van der Waals surface area (Å²) >= 11 is 0. The Hall–Kier alpha value is -1.10. The summed E-state index contributed by atoms with van der Waals surface area (Å²) in [6.07, 6.45) is 0. The van der Waals surface area contributed by atoms with Gasteiger partial charge < -0.3 is 18.6 Å². The SMILES string of the molecule is C[N+](C)(C)Cc1cc(C[N+](C)(C)C)c(O)c(C[N+](C)(C)C)c1. The van der Waals surface area contributed by atoms with Gasteiger partial charge in [0, 0.05) is 16.7 Å². The van der Waals surface area contributed by atoms with Crippen molar-refractivity contribution < 1.29 is 18.6 Å². The Balaban J connectivity index is 3.30. The van der Waals surface area contributed by atoms with Crippen molar-refractivity contribution in [3.8, 4) is 5.75 Å². The molecule has 0 atom stereocenters. The van der Waals surface area contributed by atoms with E-state index in [1.54, 1.807) is 0 Å². The Kier molecular flexibility index (Phi) is 5.33. The first-order valence-electron chi connectivity index (χ1n) is 7.91. The van der Waals surface area contributed by atoms with E-state index in [1.807, 2.05) is 0 Å². The summed E-state index contributed by atoms with van der Waals surface area (Å²) in [5, 5.41) is 10.7. The molecule has 0 aliphatic rings. The van der Waals surface area contributed by atoms with Crippen molar-refractivity contribution in [3.05, 3.63) is 28.8 Å². The number of phenols is 1. The number of benzene rings is 1. The Labute approximate surface area is 137 Å². The van der Waals surface area contributed by atoms with Crippen molar-refractivity contribution in [2.75, 3.05) is 63.4 Å². The molecular formula is C18H36N3O+3. The van der Waals surface area contributed by atoms with E-state index in [1.165, 1.54) is 5.56 Å². The molecule has 0 fully saturated rings. The smallest absolute Gasteiger partial charge is 0.133 e. The van der Waals surface area contributed by atoms with Gasteiger partial charge in [-0.05, 0) is 12.1 Å². The first kappa shape index (κ1) is 18.9. The summed E-state index contributed by atoms with van der Waals surface area (Å²) < 4.78 is 2.51. The van der Waals surface area contributed by atoms with Gasteiger partial charge in [-0.25, -0.2) is 0 Å². The second-order valence-corrected chi connectivity index (χ2v) is 9.61. The van der Waals surface area contributed by atoms with Gasteiger partial charge in [-0.3, -0.25) is 0 Å². The van der Waals surface area contributed by atoms with Crippen LogP contribution in [-0.4, -0.2) is 82.0 Å². The van der Waals surface area contributed by atoms with Gasteiger partial charge in [0.15, 0.2) is 0 Å². The normalized spacial score (nSPS) is 13.5. The number of nitrogens with zero attached hydrogens (tertiary/aromatic N) is 3. The van der Waals surface area contributed by atoms with Gasteiger partial charge in [-0.1, -0.05) is 0 Å². The van der Waals surface area contributed by atoms with Crippen LogP contribution in [0, 0.1) is 0 Å². The quantitative estimate of drug-likeness (QED) is 0.797. The molecule has 1 rings (SSSR count). The van der Waals surface area contributed by atoms with Gasteiger partial charge in [0.2, 0.25) is 0 Å². The number of quaternary nitrogens is 3. The Morgan fingerprint density at radius 1 is 0.636 bits per heavy atom. The third-order valence-electron chi connectivity index (χ3n) is 3.27. The van der Waals surface area contributed by atoms with E-state index in [0.717, 1.165) is 44.2 Å². The van der Waals surface area contributed by atoms with Crippen molar-refractivity contribution in [1.82, 2.24) is 0 Å². The fourth-order valence-corrected chi connectivity index (χ4v) is 2.73. The molecule has 4 heteroatoms. The molecule has 0 unspecified atom stereocenters. The average Bonchev–Trinajstić information content (AvgIpc) is 2.18. The number of aromatic hydroxyl groups is 1. The average molecular weight is 311 g/mol. The van der Waals surface area contributed by atoms with Crippen LogP contribution >= 0.6 is 0 Å². The zero-order valence-corrected chi connectivity index (χ0v) is 16.1. The minimum Gasteiger partial charge on any atom is -0.507 e. The fourth-order valence-electron chi connectivity index (χ4n) is 2.73. The second-order valence-electron chi connectivity index (χ2n) is 9.61. The van der Waals surface area contributed by atoms with Crippen LogP contribution in [0.5, 0.6) is 5.75 Å². The molecule has 126 valence electrons. The molecule has 0 amide bonds. The highest BCUT2D eigenvalue weighted by molar-refractivity contribution is 5.43. The Morgan fingerprint density at radius 2 is 0.955 bits per heavy atom. The molecule has 1 aromatic rings. The summed E-state index contributed by atoms with van der Waals surface area (Å²) in [5.74, 6) is 0.478. The van der Waals surface area contributed by atoms with E-state index in [4.69, 9.17) is 0 Å². The molecule has 22 heavy (non-hydrogen) atoms. The molecule has 0 radical (unpaired) electrons. The lowest BCUT2D eigenvalue weighted by Crippen LogP contribution is -2.36. The maximum atomic E-state index is 10.7. The van der Waals surface area contributed by atoms with Crippen LogP contribution < -0.4 is 0 Å². The lowest BCUT2D eigenvalue weighted by molar-refractivity contribution is -0.885. The molecule has 0 aromatic heterocycles. The topological polar surface area (TPSA) is 20.2 Å². The van der Waals surface area contributed by atoms with Crippen molar-refractivity contribution in [2.45, 2.75) is 19.6 Å². The first-order valence-corrected chi connectivity index (χ1v) is 7.91. The molecule has 1 aromatic carbocycles. The van der Waals surface area contributed by atoms with E-state index in [-0.39, 0.29) is 0 Å². The van der Waals surface area contributed by atoms with E-state index in [2.05, 4.69) is 75.6 Å². The molecule has 0 bridgehead atoms. The molecule has 1 N–H and O–H groups in total. The highest BCUT2D eigenvalue weighted by Gasteiger charge is 2.21. The third kappa shape index (κ3) is 6.77. The molecule has 0 spiro atoms. The van der Waals surface area contributed by atoms with Crippen LogP contribution in [0.2, 0.25) is 0 Å². The molecule has 0 aliphatic carbocycles. The van der Waals surface area contributed by atoms with Gasteiger partial charge in [-0.2, -0.15) is 0 Å². The lowest BCUT2D eigenvalue weighted by Gasteiger charge is -2.29. The molecular weight excluding hydrogens is 274 g/mol. The van der Waals surface area contributed by atoms with Crippen LogP contribution in [0.4, 0.5) is 0 Å². The van der Waals surface area contributed by atoms with Gasteiger partial charge in [0.25, 0.3) is 0 Å². The number of hydrogen-bond donors (Lipinski definition) is 1. The monoisotopic (exact) mass is 310 g/mol. The van der Waals surface area contributed by atoms with Crippen LogP contribution in [0.3, 0.4) is 0 Å². The van der Waals surface area contributed by atoms with Crippen LogP contribution in [0.15, 0.2) is 12.1 Å². The fraction of sp³-hybridized carbons (Fsp3) is 0.667. The zero-order chi connectivity index (χ0) is 17.3. The van der Waals surface area contributed by atoms with Crippen LogP contribution in [0.25, 0.3) is 0 Å². The predicted octanol–water partition coefficient (Wildman–Crippen LogP) is 2.01. The number of rotatable bonds is 6. The third-order valence-corrected chi connectivity index (χ3v) is 3.27. The van der Waals surface area contributed by atoms with Crippen molar-refractivity contribution >= 4 is 0 Å². The molecule has 0 saturated carbocycles. The number of hydrogen-bond acceptors (Lipinski definition) is 1. The zero-order valence-electron chi connectivity index (χ0n) is 16.1. The highest BCUT2D eigenvalue weighted by atomic mass is 16.3. The van der Waals surface area contributed by atoms with E-state index >= 15 is 0 Å². The van der Waals surface area contributed by atoms with Crippen LogP contribution in [0.1, 0.15) is 16.7 Å². The standard InChI is InChI=1S/C18H35N3O/c1-19(2,3)12-15-10-16(13-20(4,5)6)18(22)17(11-15)14-21(7,8)9/h10-11H,12-14H2,1-9H3/q+2/p+1. The summed E-state index contributed by atoms with van der Waals surface area (Å²) in [6.45, 7) is 2.64. The van der Waals surface area contributed by atoms with Crippen molar-refractivity contribution in [3.63, 3.8) is 0 Å². The van der Waals surface area contributed by atoms with Gasteiger partial charge in [-0.15, -0.1) is 0 Å². The van der Waals surface area contributed by atoms with Crippen molar-refractivity contribution in [1.29, 1.82) is 0 Å². The largest absolute Gasteiger partial charge is 0.507 e. The molecule has 4 nitrogen and oxygen atoms in total. The Morgan fingerprint density at radius 3 is 1.23 bits per heavy atom. The predicted molar refractivity (Wildman–Crippen MR) is 93.3 cm³/mol. The molecule has 0 aliphatic heterocycles. The minimum absolute atomic E-state index is 0.478.